The first-order valence-corrected chi connectivity index (χ1v) is 6.18. The van der Waals surface area contributed by atoms with Crippen LogP contribution in [0.1, 0.15) is 27.7 Å². The van der Waals surface area contributed by atoms with Gasteiger partial charge >= 0.3 is 7.12 Å². The van der Waals surface area contributed by atoms with Crippen LogP contribution in [0, 0.1) is 0 Å². The molecule has 102 valence electrons. The average molecular weight is 281 g/mol. The Hall–Kier alpha value is -1.04. The summed E-state index contributed by atoms with van der Waals surface area (Å²) in [6.45, 7) is 8.23. The van der Waals surface area contributed by atoms with Crippen molar-refractivity contribution in [2.45, 2.75) is 38.9 Å². The molecule has 0 amide bonds. The number of H-pyrrole nitrogens is 1. The van der Waals surface area contributed by atoms with Gasteiger partial charge in [-0.1, -0.05) is 6.07 Å². The summed E-state index contributed by atoms with van der Waals surface area (Å²) >= 11 is 0. The van der Waals surface area contributed by atoms with Crippen LogP contribution in [0.3, 0.4) is 0 Å². The number of nitrogens with one attached hydrogen (secondary N) is 1. The van der Waals surface area contributed by atoms with Gasteiger partial charge in [-0.2, -0.15) is 0 Å². The van der Waals surface area contributed by atoms with E-state index < -0.39 is 0 Å². The molecule has 1 saturated heterocycles. The van der Waals surface area contributed by atoms with E-state index in [1.807, 2.05) is 18.2 Å². The Kier molecular flexibility index (Phi) is 3.41. The van der Waals surface area contributed by atoms with Crippen molar-refractivity contribution in [3.8, 4) is 0 Å². The zero-order valence-corrected chi connectivity index (χ0v) is 12.4. The van der Waals surface area contributed by atoms with Crippen molar-refractivity contribution < 1.29 is 9.31 Å². The van der Waals surface area contributed by atoms with Crippen LogP contribution in [0.15, 0.2) is 24.5 Å². The van der Waals surface area contributed by atoms with Gasteiger partial charge in [0, 0.05) is 0 Å². The van der Waals surface area contributed by atoms with Gasteiger partial charge in [-0.3, -0.25) is 0 Å². The highest BCUT2D eigenvalue weighted by molar-refractivity contribution is 6.62. The maximum absolute atomic E-state index is 6.02. The van der Waals surface area contributed by atoms with Crippen LogP contribution in [-0.4, -0.2) is 28.3 Å². The fourth-order valence-electron chi connectivity index (χ4n) is 2.08. The van der Waals surface area contributed by atoms with Crippen LogP contribution in [0.25, 0.3) is 11.0 Å². The van der Waals surface area contributed by atoms with Gasteiger partial charge in [0.15, 0.2) is 0 Å². The summed E-state index contributed by atoms with van der Waals surface area (Å²) in [7, 11) is -0.317. The first kappa shape index (κ1) is 14.4. The lowest BCUT2D eigenvalue weighted by Gasteiger charge is -2.32. The van der Waals surface area contributed by atoms with Gasteiger partial charge in [0.05, 0.1) is 28.6 Å². The number of hydrogen-bond donors (Lipinski definition) is 1. The van der Waals surface area contributed by atoms with Gasteiger partial charge in [-0.05, 0) is 45.3 Å². The first-order valence-electron chi connectivity index (χ1n) is 6.18. The number of benzene rings is 1. The van der Waals surface area contributed by atoms with E-state index in [1.54, 1.807) is 6.33 Å². The minimum Gasteiger partial charge on any atom is -0.399 e. The second-order valence-corrected chi connectivity index (χ2v) is 5.77. The maximum atomic E-state index is 6.02. The third kappa shape index (κ3) is 2.26. The predicted octanol–water partition coefficient (Wildman–Crippen LogP) is 2.28. The fraction of sp³-hybridized carbons (Fsp3) is 0.462. The largest absolute Gasteiger partial charge is 0.494 e. The fourth-order valence-corrected chi connectivity index (χ4v) is 2.08. The van der Waals surface area contributed by atoms with Gasteiger partial charge in [0.2, 0.25) is 0 Å². The van der Waals surface area contributed by atoms with Crippen molar-refractivity contribution in [1.82, 2.24) is 9.97 Å². The minimum absolute atomic E-state index is 0. The quantitative estimate of drug-likeness (QED) is 0.815. The van der Waals surface area contributed by atoms with Gasteiger partial charge in [0.1, 0.15) is 0 Å². The smallest absolute Gasteiger partial charge is 0.399 e. The number of halogens is 1. The normalized spacial score (nSPS) is 20.5. The highest BCUT2D eigenvalue weighted by atomic mass is 35.5. The van der Waals surface area contributed by atoms with Crippen molar-refractivity contribution in [3.05, 3.63) is 24.5 Å². The summed E-state index contributed by atoms with van der Waals surface area (Å²) in [4.78, 5) is 7.31. The van der Waals surface area contributed by atoms with Crippen molar-refractivity contribution in [3.63, 3.8) is 0 Å². The van der Waals surface area contributed by atoms with Crippen LogP contribution in [-0.2, 0) is 9.31 Å². The molecule has 2 aromatic rings. The lowest BCUT2D eigenvalue weighted by Crippen LogP contribution is -2.41. The molecular weight excluding hydrogens is 262 g/mol. The van der Waals surface area contributed by atoms with Crippen LogP contribution in [0.5, 0.6) is 0 Å². The number of imidazole rings is 1. The highest BCUT2D eigenvalue weighted by Gasteiger charge is 2.51. The molecule has 19 heavy (non-hydrogen) atoms. The van der Waals surface area contributed by atoms with Crippen LogP contribution in [0.4, 0.5) is 0 Å². The summed E-state index contributed by atoms with van der Waals surface area (Å²) in [5.74, 6) is 0. The predicted molar refractivity (Wildman–Crippen MR) is 79.1 cm³/mol. The highest BCUT2D eigenvalue weighted by Crippen LogP contribution is 2.36. The Labute approximate surface area is 119 Å². The minimum atomic E-state index is -0.317. The van der Waals surface area contributed by atoms with Crippen LogP contribution in [0.2, 0.25) is 0 Å². The van der Waals surface area contributed by atoms with E-state index in [4.69, 9.17) is 9.31 Å². The van der Waals surface area contributed by atoms with Gasteiger partial charge in [-0.15, -0.1) is 12.4 Å². The molecule has 3 rings (SSSR count). The molecule has 1 N–H and O–H groups in total. The zero-order chi connectivity index (χ0) is 13.0. The first-order chi connectivity index (χ1) is 8.39. The summed E-state index contributed by atoms with van der Waals surface area (Å²) in [6.07, 6.45) is 1.69. The lowest BCUT2D eigenvalue weighted by molar-refractivity contribution is 0.00578. The topological polar surface area (TPSA) is 47.1 Å². The Bertz CT molecular complexity index is 581. The number of fused-ring (bicyclic) bond motifs is 1. The zero-order valence-electron chi connectivity index (χ0n) is 11.6. The summed E-state index contributed by atoms with van der Waals surface area (Å²) < 4.78 is 12.0. The molecule has 1 aromatic carbocycles. The number of aromatic amines is 1. The van der Waals surface area contributed by atoms with Crippen molar-refractivity contribution >= 4 is 36.0 Å². The number of aromatic nitrogens is 2. The second-order valence-electron chi connectivity index (χ2n) is 5.77. The molecule has 0 radical (unpaired) electrons. The van der Waals surface area contributed by atoms with Gasteiger partial charge < -0.3 is 14.3 Å². The summed E-state index contributed by atoms with van der Waals surface area (Å²) in [5, 5.41) is 0. The van der Waals surface area contributed by atoms with E-state index in [0.717, 1.165) is 16.5 Å². The third-order valence-electron chi connectivity index (χ3n) is 3.97. The Morgan fingerprint density at radius 2 is 1.74 bits per heavy atom. The molecule has 1 aliphatic heterocycles. The molecule has 2 heterocycles. The van der Waals surface area contributed by atoms with E-state index in [1.165, 1.54) is 0 Å². The Morgan fingerprint density at radius 1 is 1.11 bits per heavy atom. The molecule has 0 bridgehead atoms. The Balaban J connectivity index is 0.00000133. The van der Waals surface area contributed by atoms with E-state index in [2.05, 4.69) is 37.7 Å². The van der Waals surface area contributed by atoms with Crippen molar-refractivity contribution in [2.75, 3.05) is 0 Å². The average Bonchev–Trinajstić information content (AvgIpc) is 2.80. The third-order valence-corrected chi connectivity index (χ3v) is 3.97. The van der Waals surface area contributed by atoms with Gasteiger partial charge in [0.25, 0.3) is 0 Å². The molecular formula is C13H18BClN2O2. The van der Waals surface area contributed by atoms with Crippen LogP contribution < -0.4 is 5.46 Å². The summed E-state index contributed by atoms with van der Waals surface area (Å²) in [5.41, 5.74) is 2.36. The molecule has 1 fully saturated rings. The SMILES string of the molecule is CC1(C)OB(c2ccc3nc[nH]c3c2)OC1(C)C.Cl. The van der Waals surface area contributed by atoms with Gasteiger partial charge in [-0.25, -0.2) is 4.98 Å². The molecule has 6 heteroatoms. The van der Waals surface area contributed by atoms with Crippen molar-refractivity contribution in [1.29, 1.82) is 0 Å². The Morgan fingerprint density at radius 3 is 2.37 bits per heavy atom. The van der Waals surface area contributed by atoms with Crippen molar-refractivity contribution in [2.24, 2.45) is 0 Å². The second kappa shape index (κ2) is 4.51. The monoisotopic (exact) mass is 280 g/mol. The van der Waals surface area contributed by atoms with E-state index in [0.29, 0.717) is 0 Å². The number of nitrogens with zero attached hydrogens (tertiary/aromatic N) is 1. The molecule has 0 saturated carbocycles. The molecule has 4 nitrogen and oxygen atoms in total. The lowest BCUT2D eigenvalue weighted by atomic mass is 9.79. The van der Waals surface area contributed by atoms with E-state index >= 15 is 0 Å². The number of hydrogen-bond acceptors (Lipinski definition) is 3. The number of rotatable bonds is 1. The molecule has 0 atom stereocenters. The maximum Gasteiger partial charge on any atom is 0.494 e. The van der Waals surface area contributed by atoms with E-state index in [-0.39, 0.29) is 30.7 Å². The molecule has 0 aliphatic carbocycles. The molecule has 0 unspecified atom stereocenters. The molecule has 1 aliphatic rings. The molecule has 1 aromatic heterocycles. The standard InChI is InChI=1S/C13H17BN2O2.ClH/c1-12(2)13(3,4)18-14(17-12)9-5-6-10-11(7-9)16-8-15-10;/h5-8H,1-4H3,(H,15,16);1H. The summed E-state index contributed by atoms with van der Waals surface area (Å²) in [6, 6.07) is 6.02. The van der Waals surface area contributed by atoms with Crippen LogP contribution >= 0.6 is 12.4 Å². The molecule has 0 spiro atoms. The van der Waals surface area contributed by atoms with E-state index in [9.17, 15) is 0 Å².